The molecule has 0 radical (unpaired) electrons. The number of hydrogen-bond acceptors (Lipinski definition) is 3. The van der Waals surface area contributed by atoms with Crippen molar-refractivity contribution < 1.29 is 0 Å². The molecule has 4 atom stereocenters. The second-order valence-electron chi connectivity index (χ2n) is 15.7. The van der Waals surface area contributed by atoms with Crippen molar-refractivity contribution in [3.63, 3.8) is 0 Å². The minimum absolute atomic E-state index is 0.400. The molecule has 0 amide bonds. The summed E-state index contributed by atoms with van der Waals surface area (Å²) in [4.78, 5) is 14.8. The maximum Gasteiger partial charge on any atom is 0.164 e. The van der Waals surface area contributed by atoms with E-state index in [1.807, 2.05) is 36.4 Å². The molecule has 8 bridgehead atoms. The van der Waals surface area contributed by atoms with Gasteiger partial charge in [0.2, 0.25) is 0 Å². The minimum atomic E-state index is 0.400. The van der Waals surface area contributed by atoms with Gasteiger partial charge in [0.05, 0.1) is 0 Å². The Morgan fingerprint density at radius 2 is 0.917 bits per heavy atom. The van der Waals surface area contributed by atoms with Gasteiger partial charge in [-0.25, -0.2) is 15.0 Å². The lowest BCUT2D eigenvalue weighted by atomic mass is 9.30. The minimum Gasteiger partial charge on any atom is -0.208 e. The van der Waals surface area contributed by atoms with Crippen LogP contribution < -0.4 is 0 Å². The van der Waals surface area contributed by atoms with Gasteiger partial charge in [-0.15, -0.1) is 0 Å². The van der Waals surface area contributed by atoms with Crippen LogP contribution in [0.15, 0.2) is 121 Å². The van der Waals surface area contributed by atoms with Gasteiger partial charge in [-0.2, -0.15) is 0 Å². The van der Waals surface area contributed by atoms with Crippen molar-refractivity contribution in [2.75, 3.05) is 0 Å². The predicted octanol–water partition coefficient (Wildman–Crippen LogP) is 10.7. The number of rotatable bonds is 5. The molecule has 0 N–H and O–H groups in total. The van der Waals surface area contributed by atoms with Gasteiger partial charge >= 0.3 is 0 Å². The van der Waals surface area contributed by atoms with Crippen molar-refractivity contribution in [3.8, 4) is 45.3 Å². The molecule has 0 spiro atoms. The van der Waals surface area contributed by atoms with E-state index in [4.69, 9.17) is 15.0 Å². The van der Waals surface area contributed by atoms with Crippen molar-refractivity contribution in [1.82, 2.24) is 15.0 Å². The van der Waals surface area contributed by atoms with Crippen LogP contribution >= 0.6 is 0 Å². The summed E-state index contributed by atoms with van der Waals surface area (Å²) in [5.41, 5.74) is 7.63. The third-order valence-electron chi connectivity index (χ3n) is 13.7. The van der Waals surface area contributed by atoms with E-state index in [1.165, 1.54) is 54.0 Å². The third-order valence-corrected chi connectivity index (χ3v) is 13.7. The zero-order valence-corrected chi connectivity index (χ0v) is 27.2. The van der Waals surface area contributed by atoms with Crippen molar-refractivity contribution in [2.45, 2.75) is 43.9 Å². The Morgan fingerprint density at radius 3 is 1.52 bits per heavy atom. The molecule has 7 aliphatic carbocycles. The summed E-state index contributed by atoms with van der Waals surface area (Å²) in [6.07, 6.45) is 9.01. The average molecular weight is 622 g/mol. The van der Waals surface area contributed by atoms with Crippen molar-refractivity contribution in [1.29, 1.82) is 0 Å². The first-order valence-corrected chi connectivity index (χ1v) is 18.2. The molecule has 7 saturated carbocycles. The Labute approximate surface area is 282 Å². The molecule has 7 aliphatic rings. The highest BCUT2D eigenvalue weighted by molar-refractivity contribution is 5.99. The summed E-state index contributed by atoms with van der Waals surface area (Å²) in [6.45, 7) is 0. The van der Waals surface area contributed by atoms with Crippen LogP contribution in [0.25, 0.3) is 56.1 Å². The fourth-order valence-electron chi connectivity index (χ4n) is 12.2. The lowest BCUT2D eigenvalue weighted by Crippen LogP contribution is -2.69. The van der Waals surface area contributed by atoms with Crippen LogP contribution in [0.5, 0.6) is 0 Å². The van der Waals surface area contributed by atoms with E-state index in [1.54, 1.807) is 12.0 Å². The smallest absolute Gasteiger partial charge is 0.164 e. The Bertz CT molecular complexity index is 2110. The topological polar surface area (TPSA) is 38.7 Å². The predicted molar refractivity (Wildman–Crippen MR) is 193 cm³/mol. The average Bonchev–Trinajstić information content (AvgIpc) is 3.16. The number of hydrogen-bond donors (Lipinski definition) is 0. The van der Waals surface area contributed by atoms with Crippen LogP contribution in [0.1, 0.15) is 44.1 Å². The fourth-order valence-corrected chi connectivity index (χ4v) is 12.2. The van der Waals surface area contributed by atoms with Gasteiger partial charge in [0, 0.05) is 22.1 Å². The molecular weight excluding hydrogens is 583 g/mol. The number of benzene rings is 5. The normalized spacial score (nSPS) is 30.7. The van der Waals surface area contributed by atoms with Gasteiger partial charge in [0.25, 0.3) is 0 Å². The number of aromatic nitrogens is 3. The number of nitrogens with zero attached hydrogens (tertiary/aromatic N) is 3. The first-order chi connectivity index (χ1) is 23.7. The maximum atomic E-state index is 4.97. The Kier molecular flexibility index (Phi) is 5.80. The van der Waals surface area contributed by atoms with Gasteiger partial charge < -0.3 is 0 Å². The van der Waals surface area contributed by atoms with Crippen molar-refractivity contribution in [3.05, 3.63) is 127 Å². The van der Waals surface area contributed by atoms with E-state index in [2.05, 4.69) is 84.9 Å². The molecule has 234 valence electrons. The molecule has 5 aromatic carbocycles. The Morgan fingerprint density at radius 1 is 0.417 bits per heavy atom. The SMILES string of the molecule is c1ccc(-c2nc(-c3ccccc3)nc(-c3ccc(-c4ccc(C56CC7CC8C9CC(CC85)CC6C9C7)c5ccccc45)cc3)n2)cc1. The molecule has 13 rings (SSSR count). The van der Waals surface area contributed by atoms with Crippen LogP contribution in [0.3, 0.4) is 0 Å². The molecule has 6 aromatic rings. The van der Waals surface area contributed by atoms with Crippen molar-refractivity contribution in [2.24, 2.45) is 41.4 Å². The lowest BCUT2D eigenvalue weighted by molar-refractivity contribution is -0.220. The third kappa shape index (κ3) is 3.85. The monoisotopic (exact) mass is 621 g/mol. The Balaban J connectivity index is 0.998. The fraction of sp³-hybridized carbons (Fsp3) is 0.311. The lowest BCUT2D eigenvalue weighted by Gasteiger charge is -2.75. The van der Waals surface area contributed by atoms with E-state index in [-0.39, 0.29) is 0 Å². The van der Waals surface area contributed by atoms with E-state index in [9.17, 15) is 0 Å². The summed E-state index contributed by atoms with van der Waals surface area (Å²) in [7, 11) is 0. The van der Waals surface area contributed by atoms with Crippen LogP contribution in [-0.2, 0) is 5.41 Å². The van der Waals surface area contributed by atoms with E-state index in [0.717, 1.165) is 58.1 Å². The van der Waals surface area contributed by atoms with E-state index >= 15 is 0 Å². The molecule has 0 saturated heterocycles. The summed E-state index contributed by atoms with van der Waals surface area (Å²) >= 11 is 0. The molecule has 48 heavy (non-hydrogen) atoms. The quantitative estimate of drug-likeness (QED) is 0.192. The highest BCUT2D eigenvalue weighted by atomic mass is 15.0. The summed E-state index contributed by atoms with van der Waals surface area (Å²) < 4.78 is 0. The molecule has 7 fully saturated rings. The molecule has 0 aliphatic heterocycles. The first kappa shape index (κ1) is 27.3. The van der Waals surface area contributed by atoms with Gasteiger partial charge in [0.1, 0.15) is 0 Å². The van der Waals surface area contributed by atoms with Crippen LogP contribution in [0, 0.1) is 41.4 Å². The summed E-state index contributed by atoms with van der Waals surface area (Å²) in [5, 5.41) is 2.91. The largest absolute Gasteiger partial charge is 0.208 e. The molecule has 1 heterocycles. The van der Waals surface area contributed by atoms with Gasteiger partial charge in [-0.05, 0) is 107 Å². The molecular formula is C45H39N3. The standard InChI is InChI=1S/C45H39N3/c1-3-9-30(10-4-1)42-46-43(31-11-5-2-6-12-31)48-44(47-42)32-17-15-29(16-18-32)33-19-20-39(35-14-8-7-13-34(33)35)45-26-28-22-37-36-21-27(24-40(37)45)25-41(45)38(36)23-28/h1-20,27-28,36-38,40-41H,21-26H2. The second kappa shape index (κ2) is 10.2. The Hall–Kier alpha value is -4.63. The number of fused-ring (bicyclic) bond motifs is 1. The zero-order valence-electron chi connectivity index (χ0n) is 27.2. The summed E-state index contributed by atoms with van der Waals surface area (Å²) in [5.74, 6) is 8.85. The highest BCUT2D eigenvalue weighted by Crippen LogP contribution is 2.76. The van der Waals surface area contributed by atoms with E-state index in [0.29, 0.717) is 22.9 Å². The second-order valence-corrected chi connectivity index (χ2v) is 15.7. The molecule has 1 aromatic heterocycles. The first-order valence-electron chi connectivity index (χ1n) is 18.2. The van der Waals surface area contributed by atoms with Crippen LogP contribution in [0.2, 0.25) is 0 Å². The van der Waals surface area contributed by atoms with Crippen LogP contribution in [0.4, 0.5) is 0 Å². The zero-order chi connectivity index (χ0) is 31.4. The van der Waals surface area contributed by atoms with Gasteiger partial charge in [-0.1, -0.05) is 121 Å². The van der Waals surface area contributed by atoms with E-state index < -0.39 is 0 Å². The molecule has 3 heteroatoms. The van der Waals surface area contributed by atoms with Gasteiger partial charge in [-0.3, -0.25) is 0 Å². The highest BCUT2D eigenvalue weighted by Gasteiger charge is 2.70. The summed E-state index contributed by atoms with van der Waals surface area (Å²) in [6, 6.07) is 43.7. The maximum absolute atomic E-state index is 4.97. The molecule has 4 unspecified atom stereocenters. The molecule has 3 nitrogen and oxygen atoms in total. The van der Waals surface area contributed by atoms with Crippen LogP contribution in [-0.4, -0.2) is 15.0 Å². The van der Waals surface area contributed by atoms with Crippen molar-refractivity contribution >= 4 is 10.8 Å². The van der Waals surface area contributed by atoms with Gasteiger partial charge in [0.15, 0.2) is 17.5 Å².